The summed E-state index contributed by atoms with van der Waals surface area (Å²) in [6.45, 7) is 5.48. The van der Waals surface area contributed by atoms with E-state index in [4.69, 9.17) is 10.9 Å². The van der Waals surface area contributed by atoms with E-state index in [9.17, 15) is 0 Å². The minimum atomic E-state index is 0.172. The predicted octanol–water partition coefficient (Wildman–Crippen LogP) is 2.86. The Labute approximate surface area is 121 Å². The SMILES string of the molecule is Cc1cc(/C(N)=N/O)ccc1CN1CCCCCCC1. The van der Waals surface area contributed by atoms with Crippen LogP contribution in [0.25, 0.3) is 0 Å². The molecular formula is C16H25N3O. The maximum absolute atomic E-state index is 8.72. The Morgan fingerprint density at radius 3 is 2.45 bits per heavy atom. The first-order valence-corrected chi connectivity index (χ1v) is 7.50. The maximum atomic E-state index is 8.72. The summed E-state index contributed by atoms with van der Waals surface area (Å²) in [5.41, 5.74) is 8.94. The van der Waals surface area contributed by atoms with Crippen LogP contribution in [0.3, 0.4) is 0 Å². The number of nitrogens with two attached hydrogens (primary N) is 1. The number of amidine groups is 1. The molecule has 0 aromatic heterocycles. The number of hydrogen-bond donors (Lipinski definition) is 2. The zero-order valence-electron chi connectivity index (χ0n) is 12.3. The van der Waals surface area contributed by atoms with Crippen molar-refractivity contribution in [1.82, 2.24) is 4.90 Å². The van der Waals surface area contributed by atoms with Crippen LogP contribution in [0.1, 0.15) is 48.8 Å². The fourth-order valence-electron chi connectivity index (χ4n) is 2.80. The van der Waals surface area contributed by atoms with Gasteiger partial charge in [0.15, 0.2) is 5.84 Å². The number of rotatable bonds is 3. The lowest BCUT2D eigenvalue weighted by Gasteiger charge is -2.25. The molecule has 4 heteroatoms. The van der Waals surface area contributed by atoms with Gasteiger partial charge in [0.05, 0.1) is 0 Å². The van der Waals surface area contributed by atoms with Gasteiger partial charge in [-0.3, -0.25) is 4.90 Å². The van der Waals surface area contributed by atoms with Crippen LogP contribution in [0.4, 0.5) is 0 Å². The van der Waals surface area contributed by atoms with Crippen LogP contribution in [0.2, 0.25) is 0 Å². The molecule has 1 saturated heterocycles. The van der Waals surface area contributed by atoms with E-state index in [1.165, 1.54) is 56.3 Å². The highest BCUT2D eigenvalue weighted by Gasteiger charge is 2.11. The van der Waals surface area contributed by atoms with Crippen molar-refractivity contribution in [2.75, 3.05) is 13.1 Å². The Morgan fingerprint density at radius 2 is 1.85 bits per heavy atom. The van der Waals surface area contributed by atoms with Gasteiger partial charge >= 0.3 is 0 Å². The molecule has 1 aliphatic heterocycles. The number of likely N-dealkylation sites (tertiary alicyclic amines) is 1. The maximum Gasteiger partial charge on any atom is 0.170 e. The Balaban J connectivity index is 2.05. The van der Waals surface area contributed by atoms with Crippen molar-refractivity contribution in [3.63, 3.8) is 0 Å². The Bertz CT molecular complexity index is 463. The lowest BCUT2D eigenvalue weighted by Crippen LogP contribution is -2.27. The lowest BCUT2D eigenvalue weighted by molar-refractivity contribution is 0.239. The molecule has 1 heterocycles. The van der Waals surface area contributed by atoms with E-state index in [1.54, 1.807) is 0 Å². The van der Waals surface area contributed by atoms with E-state index in [0.29, 0.717) is 0 Å². The van der Waals surface area contributed by atoms with Crippen molar-refractivity contribution in [3.8, 4) is 0 Å². The van der Waals surface area contributed by atoms with Crippen molar-refractivity contribution in [1.29, 1.82) is 0 Å². The zero-order chi connectivity index (χ0) is 14.4. The Morgan fingerprint density at radius 1 is 1.20 bits per heavy atom. The van der Waals surface area contributed by atoms with Crippen LogP contribution in [0.5, 0.6) is 0 Å². The highest BCUT2D eigenvalue weighted by atomic mass is 16.4. The van der Waals surface area contributed by atoms with Gasteiger partial charge in [0.25, 0.3) is 0 Å². The van der Waals surface area contributed by atoms with E-state index in [0.717, 1.165) is 12.1 Å². The monoisotopic (exact) mass is 275 g/mol. The summed E-state index contributed by atoms with van der Waals surface area (Å²) in [6.07, 6.45) is 6.72. The molecule has 0 unspecified atom stereocenters. The van der Waals surface area contributed by atoms with Crippen molar-refractivity contribution in [2.24, 2.45) is 10.9 Å². The number of benzene rings is 1. The largest absolute Gasteiger partial charge is 0.409 e. The second kappa shape index (κ2) is 7.29. The molecule has 110 valence electrons. The van der Waals surface area contributed by atoms with E-state index < -0.39 is 0 Å². The smallest absolute Gasteiger partial charge is 0.170 e. The first-order chi connectivity index (χ1) is 9.70. The number of hydrogen-bond acceptors (Lipinski definition) is 3. The number of oxime groups is 1. The normalized spacial score (nSPS) is 18.6. The minimum Gasteiger partial charge on any atom is -0.409 e. The molecule has 1 aromatic rings. The van der Waals surface area contributed by atoms with E-state index in [-0.39, 0.29) is 5.84 Å². The highest BCUT2D eigenvalue weighted by molar-refractivity contribution is 5.97. The van der Waals surface area contributed by atoms with E-state index >= 15 is 0 Å². The summed E-state index contributed by atoms with van der Waals surface area (Å²) in [4.78, 5) is 2.55. The van der Waals surface area contributed by atoms with Crippen LogP contribution in [0.15, 0.2) is 23.4 Å². The van der Waals surface area contributed by atoms with E-state index in [1.807, 2.05) is 12.1 Å². The second-order valence-electron chi connectivity index (χ2n) is 5.67. The predicted molar refractivity (Wildman–Crippen MR) is 82.1 cm³/mol. The van der Waals surface area contributed by atoms with E-state index in [2.05, 4.69) is 23.0 Å². The fraction of sp³-hybridized carbons (Fsp3) is 0.562. The van der Waals surface area contributed by atoms with Gasteiger partial charge in [-0.05, 0) is 50.0 Å². The van der Waals surface area contributed by atoms with Crippen molar-refractivity contribution in [2.45, 2.75) is 45.6 Å². The van der Waals surface area contributed by atoms with Crippen molar-refractivity contribution < 1.29 is 5.21 Å². The molecule has 0 bridgehead atoms. The zero-order valence-corrected chi connectivity index (χ0v) is 12.3. The summed E-state index contributed by atoms with van der Waals surface area (Å²) < 4.78 is 0. The van der Waals surface area contributed by atoms with Crippen molar-refractivity contribution in [3.05, 3.63) is 34.9 Å². The van der Waals surface area contributed by atoms with Gasteiger partial charge in [-0.15, -0.1) is 0 Å². The molecule has 20 heavy (non-hydrogen) atoms. The third kappa shape index (κ3) is 3.97. The van der Waals surface area contributed by atoms with Crippen LogP contribution >= 0.6 is 0 Å². The lowest BCUT2D eigenvalue weighted by atomic mass is 10.0. The Hall–Kier alpha value is -1.55. The molecule has 0 radical (unpaired) electrons. The molecule has 0 atom stereocenters. The average Bonchev–Trinajstić information content (AvgIpc) is 2.42. The van der Waals surface area contributed by atoms with Gasteiger partial charge in [-0.1, -0.05) is 36.6 Å². The molecule has 1 aromatic carbocycles. The molecule has 1 fully saturated rings. The first-order valence-electron chi connectivity index (χ1n) is 7.50. The summed E-state index contributed by atoms with van der Waals surface area (Å²) >= 11 is 0. The van der Waals surface area contributed by atoms with Crippen LogP contribution in [-0.2, 0) is 6.54 Å². The van der Waals surface area contributed by atoms with Gasteiger partial charge in [-0.2, -0.15) is 0 Å². The van der Waals surface area contributed by atoms with Crippen LogP contribution in [-0.4, -0.2) is 29.0 Å². The topological polar surface area (TPSA) is 61.9 Å². The third-order valence-electron chi connectivity index (χ3n) is 4.09. The summed E-state index contributed by atoms with van der Waals surface area (Å²) in [5, 5.41) is 11.8. The third-order valence-corrected chi connectivity index (χ3v) is 4.09. The molecule has 1 aliphatic rings. The standard InChI is InChI=1S/C16H25N3O/c1-13-11-14(16(17)18-20)7-8-15(13)12-19-9-5-3-2-4-6-10-19/h7-8,11,20H,2-6,9-10,12H2,1H3,(H2,17,18). The average molecular weight is 275 g/mol. The summed E-state index contributed by atoms with van der Waals surface area (Å²) in [5.74, 6) is 0.172. The van der Waals surface area contributed by atoms with Crippen LogP contribution in [0, 0.1) is 6.92 Å². The molecule has 4 nitrogen and oxygen atoms in total. The van der Waals surface area contributed by atoms with Gasteiger partial charge in [0, 0.05) is 12.1 Å². The molecule has 0 spiro atoms. The quantitative estimate of drug-likeness (QED) is 0.386. The molecule has 2 rings (SSSR count). The summed E-state index contributed by atoms with van der Waals surface area (Å²) in [6, 6.07) is 6.03. The first kappa shape index (κ1) is 14.9. The molecular weight excluding hydrogens is 250 g/mol. The highest BCUT2D eigenvalue weighted by Crippen LogP contribution is 2.17. The van der Waals surface area contributed by atoms with Gasteiger partial charge in [0.1, 0.15) is 0 Å². The van der Waals surface area contributed by atoms with Crippen LogP contribution < -0.4 is 5.73 Å². The van der Waals surface area contributed by atoms with Gasteiger partial charge in [0.2, 0.25) is 0 Å². The molecule has 0 saturated carbocycles. The Kier molecular flexibility index (Phi) is 5.41. The summed E-state index contributed by atoms with van der Waals surface area (Å²) in [7, 11) is 0. The fourth-order valence-corrected chi connectivity index (χ4v) is 2.80. The minimum absolute atomic E-state index is 0.172. The number of aryl methyl sites for hydroxylation is 1. The second-order valence-corrected chi connectivity index (χ2v) is 5.67. The molecule has 3 N–H and O–H groups in total. The van der Waals surface area contributed by atoms with Gasteiger partial charge in [-0.25, -0.2) is 0 Å². The van der Waals surface area contributed by atoms with Gasteiger partial charge < -0.3 is 10.9 Å². The number of nitrogens with zero attached hydrogens (tertiary/aromatic N) is 2. The molecule has 0 aliphatic carbocycles. The molecule has 0 amide bonds. The van der Waals surface area contributed by atoms with Crippen molar-refractivity contribution >= 4 is 5.84 Å².